The van der Waals surface area contributed by atoms with Crippen LogP contribution in [0.2, 0.25) is 5.02 Å². The molecule has 0 saturated heterocycles. The third-order valence-electron chi connectivity index (χ3n) is 3.62. The quantitative estimate of drug-likeness (QED) is 0.735. The molecule has 0 radical (unpaired) electrons. The number of rotatable bonds is 3. The molecule has 25 heavy (non-hydrogen) atoms. The van der Waals surface area contributed by atoms with Gasteiger partial charge in [0.15, 0.2) is 0 Å². The van der Waals surface area contributed by atoms with Gasteiger partial charge in [-0.25, -0.2) is 0 Å². The van der Waals surface area contributed by atoms with Crippen LogP contribution in [-0.4, -0.2) is 22.2 Å². The molecule has 0 atom stereocenters. The number of benzene rings is 2. The molecule has 0 unspecified atom stereocenters. The highest BCUT2D eigenvalue weighted by molar-refractivity contribution is 6.31. The smallest absolute Gasteiger partial charge is 0.270 e. The van der Waals surface area contributed by atoms with Crippen molar-refractivity contribution in [3.8, 4) is 23.1 Å². The van der Waals surface area contributed by atoms with Crippen LogP contribution in [0.1, 0.15) is 16.1 Å². The summed E-state index contributed by atoms with van der Waals surface area (Å²) in [4.78, 5) is 12.3. The third kappa shape index (κ3) is 4.09. The van der Waals surface area contributed by atoms with Crippen LogP contribution in [0, 0.1) is 11.8 Å². The fourth-order valence-corrected chi connectivity index (χ4v) is 2.53. The number of nitrogens with one attached hydrogen (secondary N) is 1. The number of hydrogen-bond donors (Lipinski definition) is 1. The molecule has 1 heterocycles. The van der Waals surface area contributed by atoms with Crippen molar-refractivity contribution in [3.05, 3.63) is 76.9 Å². The molecule has 1 amide bonds. The van der Waals surface area contributed by atoms with Crippen molar-refractivity contribution in [2.45, 2.75) is 0 Å². The van der Waals surface area contributed by atoms with Crippen LogP contribution in [0.4, 0.5) is 0 Å². The Labute approximate surface area is 151 Å². The van der Waals surface area contributed by atoms with Gasteiger partial charge in [0.25, 0.3) is 5.91 Å². The molecule has 0 spiro atoms. The Bertz CT molecular complexity index is 952. The molecule has 0 aliphatic rings. The summed E-state index contributed by atoms with van der Waals surface area (Å²) in [6.07, 6.45) is 0. The van der Waals surface area contributed by atoms with Crippen LogP contribution < -0.4 is 5.32 Å². The van der Waals surface area contributed by atoms with Gasteiger partial charge in [-0.05, 0) is 18.2 Å². The summed E-state index contributed by atoms with van der Waals surface area (Å²) in [7, 11) is 1.75. The molecule has 4 nitrogen and oxygen atoms in total. The number of carbonyl (C=O) groups excluding carboxylic acids is 1. The zero-order valence-corrected chi connectivity index (χ0v) is 14.4. The van der Waals surface area contributed by atoms with Crippen molar-refractivity contribution in [3.63, 3.8) is 0 Å². The molecular weight excluding hydrogens is 334 g/mol. The van der Waals surface area contributed by atoms with E-state index in [-0.39, 0.29) is 12.5 Å². The molecule has 0 aliphatic heterocycles. The van der Waals surface area contributed by atoms with Crippen LogP contribution in [0.3, 0.4) is 0 Å². The lowest BCUT2D eigenvalue weighted by atomic mass is 10.1. The normalized spacial score (nSPS) is 10.0. The molecule has 3 aromatic rings. The van der Waals surface area contributed by atoms with Gasteiger partial charge >= 0.3 is 0 Å². The summed E-state index contributed by atoms with van der Waals surface area (Å²) in [5.41, 5.74) is 2.95. The topological polar surface area (TPSA) is 46.9 Å². The van der Waals surface area contributed by atoms with Crippen LogP contribution in [0.15, 0.2) is 60.7 Å². The molecule has 0 bridgehead atoms. The number of nitrogens with zero attached hydrogens (tertiary/aromatic N) is 2. The molecule has 0 fully saturated rings. The Morgan fingerprint density at radius 3 is 2.64 bits per heavy atom. The van der Waals surface area contributed by atoms with Crippen molar-refractivity contribution in [2.75, 3.05) is 6.54 Å². The molecule has 1 N–H and O–H groups in total. The van der Waals surface area contributed by atoms with Gasteiger partial charge in [-0.15, -0.1) is 0 Å². The molecule has 5 heteroatoms. The average molecular weight is 350 g/mol. The van der Waals surface area contributed by atoms with E-state index in [2.05, 4.69) is 22.3 Å². The van der Waals surface area contributed by atoms with E-state index < -0.39 is 0 Å². The van der Waals surface area contributed by atoms with Gasteiger partial charge in [-0.2, -0.15) is 5.10 Å². The zero-order chi connectivity index (χ0) is 17.6. The summed E-state index contributed by atoms with van der Waals surface area (Å²) in [5.74, 6) is 5.63. The van der Waals surface area contributed by atoms with Gasteiger partial charge in [0, 0.05) is 18.2 Å². The van der Waals surface area contributed by atoms with Crippen LogP contribution in [0.5, 0.6) is 0 Å². The van der Waals surface area contributed by atoms with E-state index >= 15 is 0 Å². The zero-order valence-electron chi connectivity index (χ0n) is 13.7. The average Bonchev–Trinajstić information content (AvgIpc) is 3.02. The highest BCUT2D eigenvalue weighted by Gasteiger charge is 2.13. The van der Waals surface area contributed by atoms with E-state index in [1.165, 1.54) is 0 Å². The minimum Gasteiger partial charge on any atom is -0.340 e. The minimum absolute atomic E-state index is 0.217. The van der Waals surface area contributed by atoms with Crippen LogP contribution in [-0.2, 0) is 7.05 Å². The lowest BCUT2D eigenvalue weighted by molar-refractivity contribution is 0.0949. The van der Waals surface area contributed by atoms with E-state index in [0.717, 1.165) is 16.8 Å². The fourth-order valence-electron chi connectivity index (χ4n) is 2.35. The second kappa shape index (κ2) is 7.69. The second-order valence-corrected chi connectivity index (χ2v) is 5.78. The number of aromatic nitrogens is 2. The third-order valence-corrected chi connectivity index (χ3v) is 3.95. The number of amides is 1. The largest absolute Gasteiger partial charge is 0.340 e. The van der Waals surface area contributed by atoms with Crippen molar-refractivity contribution < 1.29 is 4.79 Å². The number of carbonyl (C=O) groups is 1. The van der Waals surface area contributed by atoms with E-state index in [9.17, 15) is 4.79 Å². The lowest BCUT2D eigenvalue weighted by Crippen LogP contribution is -2.25. The number of hydrogen-bond acceptors (Lipinski definition) is 2. The molecule has 2 aromatic carbocycles. The summed E-state index contributed by atoms with van der Waals surface area (Å²) in [6.45, 7) is 0.232. The van der Waals surface area contributed by atoms with Gasteiger partial charge in [0.2, 0.25) is 0 Å². The van der Waals surface area contributed by atoms with E-state index in [1.807, 2.05) is 48.5 Å². The molecular formula is C20H16ClN3O. The maximum atomic E-state index is 12.3. The van der Waals surface area contributed by atoms with E-state index in [4.69, 9.17) is 11.6 Å². The number of halogens is 1. The summed E-state index contributed by atoms with van der Waals surface area (Å²) >= 11 is 6.04. The molecule has 3 rings (SSSR count). The van der Waals surface area contributed by atoms with Gasteiger partial charge < -0.3 is 5.32 Å². The lowest BCUT2D eigenvalue weighted by Gasteiger charge is -2.00. The first-order valence-corrected chi connectivity index (χ1v) is 8.14. The number of aryl methyl sites for hydroxylation is 1. The van der Waals surface area contributed by atoms with Crippen molar-refractivity contribution in [2.24, 2.45) is 7.05 Å². The van der Waals surface area contributed by atoms with Gasteiger partial charge in [-0.1, -0.05) is 65.9 Å². The first-order chi connectivity index (χ1) is 12.1. The highest BCUT2D eigenvalue weighted by Crippen LogP contribution is 2.18. The second-order valence-electron chi connectivity index (χ2n) is 5.37. The maximum absolute atomic E-state index is 12.3. The van der Waals surface area contributed by atoms with Crippen molar-refractivity contribution >= 4 is 17.5 Å². The maximum Gasteiger partial charge on any atom is 0.270 e. The monoisotopic (exact) mass is 349 g/mol. The standard InChI is InChI=1S/C20H16ClN3O/c1-24-19(14-18(23-24)16-9-3-2-4-10-16)20(25)22-13-7-11-15-8-5-6-12-17(15)21/h2-6,8-10,12,14H,13H2,1H3,(H,22,25). The molecule has 124 valence electrons. The van der Waals surface area contributed by atoms with Crippen molar-refractivity contribution in [1.82, 2.24) is 15.1 Å². The summed E-state index contributed by atoms with van der Waals surface area (Å²) in [5, 5.41) is 7.77. The van der Waals surface area contributed by atoms with Crippen LogP contribution in [0.25, 0.3) is 11.3 Å². The van der Waals surface area contributed by atoms with Gasteiger partial charge in [-0.3, -0.25) is 9.48 Å². The molecule has 0 aliphatic carbocycles. The Balaban J connectivity index is 1.67. The predicted molar refractivity (Wildman–Crippen MR) is 99.3 cm³/mol. The Hall–Kier alpha value is -3.03. The highest BCUT2D eigenvalue weighted by atomic mass is 35.5. The first kappa shape index (κ1) is 16.8. The van der Waals surface area contributed by atoms with E-state index in [0.29, 0.717) is 10.7 Å². The predicted octanol–water partition coefficient (Wildman–Crippen LogP) is 3.52. The first-order valence-electron chi connectivity index (χ1n) is 7.76. The Morgan fingerprint density at radius 2 is 1.88 bits per heavy atom. The SMILES string of the molecule is Cn1nc(-c2ccccc2)cc1C(=O)NCC#Cc1ccccc1Cl. The van der Waals surface area contributed by atoms with E-state index in [1.54, 1.807) is 23.9 Å². The minimum atomic E-state index is -0.217. The van der Waals surface area contributed by atoms with Crippen molar-refractivity contribution in [1.29, 1.82) is 0 Å². The van der Waals surface area contributed by atoms with Gasteiger partial charge in [0.05, 0.1) is 17.3 Å². The van der Waals surface area contributed by atoms with Gasteiger partial charge in [0.1, 0.15) is 5.69 Å². The Kier molecular flexibility index (Phi) is 5.17. The van der Waals surface area contributed by atoms with Crippen LogP contribution >= 0.6 is 11.6 Å². The fraction of sp³-hybridized carbons (Fsp3) is 0.100. The summed E-state index contributed by atoms with van der Waals surface area (Å²) in [6, 6.07) is 18.8. The molecule has 0 saturated carbocycles. The summed E-state index contributed by atoms with van der Waals surface area (Å²) < 4.78 is 1.57. The Morgan fingerprint density at radius 1 is 1.16 bits per heavy atom. The molecule has 1 aromatic heterocycles.